The number of hydrogen-bond donors (Lipinski definition) is 3. The van der Waals surface area contributed by atoms with Crippen LogP contribution in [0.4, 0.5) is 18.0 Å². The SMILES string of the molecule is COc1cc(Cc2cc(CNC(N)=O)ccc2C(F)(F)F)c(Br)cc1OCCO. The Morgan fingerprint density at radius 2 is 1.93 bits per heavy atom. The molecule has 6 nitrogen and oxygen atoms in total. The van der Waals surface area contributed by atoms with Gasteiger partial charge in [-0.3, -0.25) is 0 Å². The molecule has 158 valence electrons. The number of carbonyl (C=O) groups is 1. The van der Waals surface area contributed by atoms with Gasteiger partial charge in [-0.25, -0.2) is 4.79 Å². The fourth-order valence-electron chi connectivity index (χ4n) is 2.71. The first-order valence-electron chi connectivity index (χ1n) is 8.48. The smallest absolute Gasteiger partial charge is 0.416 e. The summed E-state index contributed by atoms with van der Waals surface area (Å²) in [6.45, 7) is -0.127. The molecule has 0 heterocycles. The highest BCUT2D eigenvalue weighted by molar-refractivity contribution is 9.10. The Morgan fingerprint density at radius 3 is 2.52 bits per heavy atom. The number of aliphatic hydroxyl groups excluding tert-OH is 1. The van der Waals surface area contributed by atoms with Crippen molar-refractivity contribution in [3.05, 3.63) is 57.1 Å². The molecule has 0 aromatic heterocycles. The van der Waals surface area contributed by atoms with Crippen LogP contribution in [-0.2, 0) is 19.1 Å². The Bertz CT molecular complexity index is 875. The maximum atomic E-state index is 13.5. The van der Waals surface area contributed by atoms with Gasteiger partial charge in [0.05, 0.1) is 19.3 Å². The van der Waals surface area contributed by atoms with E-state index in [1.54, 1.807) is 12.1 Å². The third-order valence-corrected chi connectivity index (χ3v) is 4.74. The van der Waals surface area contributed by atoms with E-state index in [1.807, 2.05) is 0 Å². The molecule has 0 spiro atoms. The molecule has 0 saturated heterocycles. The maximum absolute atomic E-state index is 13.5. The second-order valence-electron chi connectivity index (χ2n) is 6.05. The number of amides is 2. The molecule has 4 N–H and O–H groups in total. The van der Waals surface area contributed by atoms with Crippen LogP contribution in [0.5, 0.6) is 11.5 Å². The van der Waals surface area contributed by atoms with E-state index in [2.05, 4.69) is 21.2 Å². The monoisotopic (exact) mass is 476 g/mol. The van der Waals surface area contributed by atoms with Gasteiger partial charge in [0.15, 0.2) is 11.5 Å². The molecule has 0 fully saturated rings. The van der Waals surface area contributed by atoms with Gasteiger partial charge < -0.3 is 25.6 Å². The molecule has 0 saturated carbocycles. The third kappa shape index (κ3) is 6.26. The predicted molar refractivity (Wildman–Crippen MR) is 104 cm³/mol. The van der Waals surface area contributed by atoms with Crippen molar-refractivity contribution >= 4 is 22.0 Å². The molecule has 0 aliphatic carbocycles. The number of hydrogen-bond acceptors (Lipinski definition) is 4. The second kappa shape index (κ2) is 9.84. The first-order valence-corrected chi connectivity index (χ1v) is 9.27. The van der Waals surface area contributed by atoms with Gasteiger partial charge in [-0.05, 0) is 41.3 Å². The lowest BCUT2D eigenvalue weighted by atomic mass is 9.96. The van der Waals surface area contributed by atoms with E-state index in [4.69, 9.17) is 20.3 Å². The molecule has 0 aliphatic rings. The zero-order valence-electron chi connectivity index (χ0n) is 15.5. The number of methoxy groups -OCH3 is 1. The summed E-state index contributed by atoms with van der Waals surface area (Å²) in [7, 11) is 1.41. The van der Waals surface area contributed by atoms with E-state index in [1.165, 1.54) is 19.2 Å². The second-order valence-corrected chi connectivity index (χ2v) is 6.90. The molecule has 0 bridgehead atoms. The summed E-state index contributed by atoms with van der Waals surface area (Å²) in [5.74, 6) is 0.685. The van der Waals surface area contributed by atoms with Crippen LogP contribution in [-0.4, -0.2) is 31.5 Å². The minimum atomic E-state index is -4.54. The van der Waals surface area contributed by atoms with Crippen LogP contribution in [0.1, 0.15) is 22.3 Å². The van der Waals surface area contributed by atoms with Gasteiger partial charge in [0.1, 0.15) is 6.61 Å². The number of ether oxygens (including phenoxy) is 2. The van der Waals surface area contributed by atoms with Gasteiger partial charge in [0.2, 0.25) is 0 Å². The van der Waals surface area contributed by atoms with Crippen molar-refractivity contribution in [3.8, 4) is 11.5 Å². The molecule has 0 aliphatic heterocycles. The summed E-state index contributed by atoms with van der Waals surface area (Å²) in [5, 5.41) is 11.3. The Morgan fingerprint density at radius 1 is 1.21 bits per heavy atom. The van der Waals surface area contributed by atoms with Gasteiger partial charge in [0, 0.05) is 11.0 Å². The van der Waals surface area contributed by atoms with Crippen molar-refractivity contribution < 1.29 is 32.5 Å². The van der Waals surface area contributed by atoms with Crippen LogP contribution in [0.2, 0.25) is 0 Å². The van der Waals surface area contributed by atoms with Gasteiger partial charge in [-0.15, -0.1) is 0 Å². The zero-order valence-corrected chi connectivity index (χ0v) is 17.1. The van der Waals surface area contributed by atoms with E-state index >= 15 is 0 Å². The van der Waals surface area contributed by atoms with Gasteiger partial charge in [-0.2, -0.15) is 13.2 Å². The van der Waals surface area contributed by atoms with Crippen molar-refractivity contribution in [2.24, 2.45) is 5.73 Å². The number of alkyl halides is 3. The summed E-state index contributed by atoms with van der Waals surface area (Å²) < 4.78 is 51.6. The summed E-state index contributed by atoms with van der Waals surface area (Å²) in [4.78, 5) is 10.9. The lowest BCUT2D eigenvalue weighted by molar-refractivity contribution is -0.138. The average molecular weight is 477 g/mol. The van der Waals surface area contributed by atoms with E-state index < -0.39 is 17.8 Å². The van der Waals surface area contributed by atoms with Crippen molar-refractivity contribution in [2.75, 3.05) is 20.3 Å². The summed E-state index contributed by atoms with van der Waals surface area (Å²) in [6, 6.07) is 6.05. The van der Waals surface area contributed by atoms with E-state index in [-0.39, 0.29) is 31.7 Å². The topological polar surface area (TPSA) is 93.8 Å². The van der Waals surface area contributed by atoms with Crippen LogP contribution in [0, 0.1) is 0 Å². The largest absolute Gasteiger partial charge is 0.493 e. The van der Waals surface area contributed by atoms with E-state index in [9.17, 15) is 18.0 Å². The lowest BCUT2D eigenvalue weighted by Gasteiger charge is -2.17. The van der Waals surface area contributed by atoms with Crippen molar-refractivity contribution in [3.63, 3.8) is 0 Å². The number of nitrogens with two attached hydrogens (primary N) is 1. The van der Waals surface area contributed by atoms with Crippen LogP contribution in [0.15, 0.2) is 34.8 Å². The number of primary amides is 1. The normalized spacial score (nSPS) is 11.2. The van der Waals surface area contributed by atoms with Gasteiger partial charge in [-0.1, -0.05) is 28.1 Å². The number of urea groups is 1. The molecular formula is C19H20BrF3N2O4. The molecule has 0 atom stereocenters. The van der Waals surface area contributed by atoms with Crippen LogP contribution in [0.3, 0.4) is 0 Å². The standard InChI is InChI=1S/C19H20BrF3N2O4/c1-28-16-8-13(15(20)9-17(16)29-5-4-26)7-12-6-11(10-25-18(24)27)2-3-14(12)19(21,22)23/h2-3,6,8-9,26H,4-5,7,10H2,1H3,(H3,24,25,27). The first kappa shape index (κ1) is 22.8. The highest BCUT2D eigenvalue weighted by Gasteiger charge is 2.33. The van der Waals surface area contributed by atoms with Gasteiger partial charge in [0.25, 0.3) is 0 Å². The maximum Gasteiger partial charge on any atom is 0.416 e. The number of halogens is 4. The summed E-state index contributed by atoms with van der Waals surface area (Å²) >= 11 is 3.35. The van der Waals surface area contributed by atoms with Crippen molar-refractivity contribution in [1.29, 1.82) is 0 Å². The molecule has 2 aromatic rings. The Kier molecular flexibility index (Phi) is 7.74. The number of benzene rings is 2. The van der Waals surface area contributed by atoms with Crippen molar-refractivity contribution in [2.45, 2.75) is 19.1 Å². The molecule has 2 aromatic carbocycles. The Balaban J connectivity index is 2.42. The first-order chi connectivity index (χ1) is 13.7. The zero-order chi connectivity index (χ0) is 21.6. The third-order valence-electron chi connectivity index (χ3n) is 4.00. The Labute approximate surface area is 173 Å². The summed E-state index contributed by atoms with van der Waals surface area (Å²) in [6.07, 6.45) is -4.58. The quantitative estimate of drug-likeness (QED) is 0.542. The summed E-state index contributed by atoms with van der Waals surface area (Å²) in [5.41, 5.74) is 5.32. The lowest BCUT2D eigenvalue weighted by Crippen LogP contribution is -2.28. The highest BCUT2D eigenvalue weighted by atomic mass is 79.9. The highest BCUT2D eigenvalue weighted by Crippen LogP contribution is 2.37. The van der Waals surface area contributed by atoms with Gasteiger partial charge >= 0.3 is 12.2 Å². The fourth-order valence-corrected chi connectivity index (χ4v) is 3.18. The molecule has 10 heteroatoms. The molecule has 2 rings (SSSR count). The van der Waals surface area contributed by atoms with Crippen LogP contribution >= 0.6 is 15.9 Å². The van der Waals surface area contributed by atoms with Crippen molar-refractivity contribution in [1.82, 2.24) is 5.32 Å². The fraction of sp³-hybridized carbons (Fsp3) is 0.316. The Hall–Kier alpha value is -2.46. The average Bonchev–Trinajstić information content (AvgIpc) is 2.65. The number of carbonyl (C=O) groups excluding carboxylic acids is 1. The molecule has 29 heavy (non-hydrogen) atoms. The molecule has 2 amide bonds. The minimum Gasteiger partial charge on any atom is -0.493 e. The predicted octanol–water partition coefficient (Wildman–Crippen LogP) is 3.61. The van der Waals surface area contributed by atoms with Crippen LogP contribution in [0.25, 0.3) is 0 Å². The molecular weight excluding hydrogens is 457 g/mol. The van der Waals surface area contributed by atoms with E-state index in [0.29, 0.717) is 27.1 Å². The van der Waals surface area contributed by atoms with E-state index in [0.717, 1.165) is 6.07 Å². The van der Waals surface area contributed by atoms with Crippen LogP contribution < -0.4 is 20.5 Å². The number of nitrogens with one attached hydrogen (secondary N) is 1. The number of rotatable bonds is 8. The molecule has 0 radical (unpaired) electrons. The minimum absolute atomic E-state index is 0.0128. The molecule has 0 unspecified atom stereocenters. The number of aliphatic hydroxyl groups is 1.